The highest BCUT2D eigenvalue weighted by atomic mass is 19.1. The molecular formula is C16H26FN3O6. The van der Waals surface area contributed by atoms with Crippen LogP contribution in [0.3, 0.4) is 0 Å². The van der Waals surface area contributed by atoms with E-state index in [-0.39, 0.29) is 0 Å². The van der Waals surface area contributed by atoms with E-state index < -0.39 is 60.1 Å². The number of aliphatic hydroxyl groups excluding tert-OH is 1. The lowest BCUT2D eigenvalue weighted by atomic mass is 9.95. The van der Waals surface area contributed by atoms with Gasteiger partial charge >= 0.3 is 11.9 Å². The van der Waals surface area contributed by atoms with Crippen molar-refractivity contribution in [2.75, 3.05) is 6.61 Å². The minimum Gasteiger partial charge on any atom is -0.462 e. The SMILES string of the molecule is CC(C)(C)C(=O)OC[C@H]1O[C@@H](O)[C@@H](N=[N+]=[N-])[C@@H](OC(=O)C(C)(C)C)[C@@H]1F. The number of aliphatic hydroxyl groups is 1. The van der Waals surface area contributed by atoms with Crippen LogP contribution in [0, 0.1) is 10.8 Å². The lowest BCUT2D eigenvalue weighted by Crippen LogP contribution is -2.58. The molecule has 0 aliphatic carbocycles. The van der Waals surface area contributed by atoms with Gasteiger partial charge in [-0.3, -0.25) is 9.59 Å². The van der Waals surface area contributed by atoms with Gasteiger partial charge in [0.15, 0.2) is 12.5 Å². The first-order chi connectivity index (χ1) is 11.8. The first kappa shape index (κ1) is 22.1. The molecular weight excluding hydrogens is 349 g/mol. The van der Waals surface area contributed by atoms with Crippen molar-refractivity contribution in [3.63, 3.8) is 0 Å². The zero-order valence-corrected chi connectivity index (χ0v) is 15.8. The number of carbonyl (C=O) groups is 2. The fourth-order valence-electron chi connectivity index (χ4n) is 2.02. The van der Waals surface area contributed by atoms with Crippen LogP contribution in [-0.2, 0) is 23.8 Å². The van der Waals surface area contributed by atoms with Crippen LogP contribution in [-0.4, -0.2) is 54.4 Å². The normalized spacial score (nSPS) is 29.5. The van der Waals surface area contributed by atoms with Crippen LogP contribution in [0.1, 0.15) is 41.5 Å². The van der Waals surface area contributed by atoms with E-state index in [2.05, 4.69) is 10.0 Å². The molecule has 0 spiro atoms. The second-order valence-electron chi connectivity index (χ2n) is 8.17. The van der Waals surface area contributed by atoms with Crippen LogP contribution >= 0.6 is 0 Å². The largest absolute Gasteiger partial charge is 0.462 e. The van der Waals surface area contributed by atoms with E-state index in [4.69, 9.17) is 19.7 Å². The number of azide groups is 1. The number of ether oxygens (including phenoxy) is 3. The lowest BCUT2D eigenvalue weighted by Gasteiger charge is -2.40. The fraction of sp³-hybridized carbons (Fsp3) is 0.875. The Morgan fingerprint density at radius 3 is 2.19 bits per heavy atom. The van der Waals surface area contributed by atoms with Crippen molar-refractivity contribution in [1.29, 1.82) is 0 Å². The van der Waals surface area contributed by atoms with E-state index in [1.54, 1.807) is 41.5 Å². The van der Waals surface area contributed by atoms with Gasteiger partial charge in [-0.2, -0.15) is 0 Å². The summed E-state index contributed by atoms with van der Waals surface area (Å²) < 4.78 is 30.1. The average Bonchev–Trinajstić information content (AvgIpc) is 2.50. The van der Waals surface area contributed by atoms with Crippen molar-refractivity contribution in [2.45, 2.75) is 72.3 Å². The fourth-order valence-corrected chi connectivity index (χ4v) is 2.02. The molecule has 1 rings (SSSR count). The molecule has 0 aromatic rings. The third-order valence-electron chi connectivity index (χ3n) is 3.64. The van der Waals surface area contributed by atoms with Crippen molar-refractivity contribution >= 4 is 11.9 Å². The minimum atomic E-state index is -1.96. The Bertz CT molecular complexity index is 580. The highest BCUT2D eigenvalue weighted by molar-refractivity contribution is 5.76. The highest BCUT2D eigenvalue weighted by Crippen LogP contribution is 2.30. The summed E-state index contributed by atoms with van der Waals surface area (Å²) in [5, 5.41) is 13.3. The van der Waals surface area contributed by atoms with Crippen molar-refractivity contribution in [1.82, 2.24) is 0 Å². The molecule has 10 heteroatoms. The summed E-state index contributed by atoms with van der Waals surface area (Å²) in [6.07, 6.45) is -6.62. The number of hydrogen-bond acceptors (Lipinski definition) is 7. The van der Waals surface area contributed by atoms with Crippen LogP contribution in [0.5, 0.6) is 0 Å². The molecule has 1 saturated heterocycles. The van der Waals surface area contributed by atoms with Crippen molar-refractivity contribution in [3.05, 3.63) is 10.4 Å². The molecule has 5 atom stereocenters. The Labute approximate surface area is 151 Å². The summed E-state index contributed by atoms with van der Waals surface area (Å²) in [4.78, 5) is 26.5. The number of esters is 2. The van der Waals surface area contributed by atoms with Crippen molar-refractivity contribution in [3.8, 4) is 0 Å². The van der Waals surface area contributed by atoms with Gasteiger partial charge < -0.3 is 19.3 Å². The standard InChI is InChI=1S/C16H26FN3O6/c1-15(2,3)13(22)24-7-8-9(17)11(26-14(23)16(4,5)6)10(19-20-18)12(21)25-8/h8-12,21H,7H2,1-6H3/t8-,9-,10+,11+,12-/m1/s1. The first-order valence-electron chi connectivity index (χ1n) is 8.19. The summed E-state index contributed by atoms with van der Waals surface area (Å²) >= 11 is 0. The molecule has 1 aliphatic rings. The van der Waals surface area contributed by atoms with Gasteiger partial charge in [-0.25, -0.2) is 4.39 Å². The van der Waals surface area contributed by atoms with Crippen molar-refractivity contribution in [2.24, 2.45) is 15.9 Å². The Kier molecular flexibility index (Phi) is 6.98. The molecule has 9 nitrogen and oxygen atoms in total. The smallest absolute Gasteiger partial charge is 0.311 e. The van der Waals surface area contributed by atoms with Gasteiger partial charge in [0.05, 0.1) is 10.8 Å². The third kappa shape index (κ3) is 5.55. The molecule has 26 heavy (non-hydrogen) atoms. The number of hydrogen-bond donors (Lipinski definition) is 1. The summed E-state index contributed by atoms with van der Waals surface area (Å²) in [6.45, 7) is 9.12. The predicted octanol–water partition coefficient (Wildman–Crippen LogP) is 2.27. The maximum absolute atomic E-state index is 14.9. The molecule has 0 unspecified atom stereocenters. The molecule has 0 radical (unpaired) electrons. The number of halogens is 1. The van der Waals surface area contributed by atoms with E-state index in [0.717, 1.165) is 0 Å². The lowest BCUT2D eigenvalue weighted by molar-refractivity contribution is -0.245. The molecule has 1 fully saturated rings. The maximum Gasteiger partial charge on any atom is 0.311 e. The Morgan fingerprint density at radius 1 is 1.19 bits per heavy atom. The van der Waals surface area contributed by atoms with Crippen molar-refractivity contribution < 1.29 is 33.3 Å². The van der Waals surface area contributed by atoms with Crippen LogP contribution < -0.4 is 0 Å². The topological polar surface area (TPSA) is 131 Å². The molecule has 0 amide bonds. The van der Waals surface area contributed by atoms with Gasteiger partial charge in [-0.05, 0) is 47.1 Å². The van der Waals surface area contributed by atoms with Crippen LogP contribution in [0.4, 0.5) is 4.39 Å². The van der Waals surface area contributed by atoms with E-state index in [1.807, 2.05) is 0 Å². The van der Waals surface area contributed by atoms with Gasteiger partial charge in [0.25, 0.3) is 0 Å². The minimum absolute atomic E-state index is 0.485. The molecule has 0 saturated carbocycles. The Balaban J connectivity index is 2.96. The van der Waals surface area contributed by atoms with Crippen LogP contribution in [0.2, 0.25) is 0 Å². The monoisotopic (exact) mass is 375 g/mol. The van der Waals surface area contributed by atoms with E-state index in [1.165, 1.54) is 0 Å². The second-order valence-corrected chi connectivity index (χ2v) is 8.17. The summed E-state index contributed by atoms with van der Waals surface area (Å²) in [6, 6.07) is -1.46. The molecule has 1 N–H and O–H groups in total. The van der Waals surface area contributed by atoms with Gasteiger partial charge in [-0.15, -0.1) is 0 Å². The number of alkyl halides is 1. The van der Waals surface area contributed by atoms with E-state index in [9.17, 15) is 19.1 Å². The van der Waals surface area contributed by atoms with Gasteiger partial charge in [0, 0.05) is 4.91 Å². The average molecular weight is 375 g/mol. The van der Waals surface area contributed by atoms with Gasteiger partial charge in [0.1, 0.15) is 24.9 Å². The van der Waals surface area contributed by atoms with Gasteiger partial charge in [-0.1, -0.05) is 5.11 Å². The zero-order chi connectivity index (χ0) is 20.3. The number of rotatable bonds is 4. The highest BCUT2D eigenvalue weighted by Gasteiger charge is 2.49. The zero-order valence-electron chi connectivity index (χ0n) is 15.8. The second kappa shape index (κ2) is 8.20. The van der Waals surface area contributed by atoms with E-state index >= 15 is 0 Å². The molecule has 0 aromatic heterocycles. The maximum atomic E-state index is 14.9. The van der Waals surface area contributed by atoms with Gasteiger partial charge in [0.2, 0.25) is 0 Å². The van der Waals surface area contributed by atoms with E-state index in [0.29, 0.717) is 0 Å². The molecule has 0 aromatic carbocycles. The molecule has 0 bridgehead atoms. The van der Waals surface area contributed by atoms with Crippen LogP contribution in [0.15, 0.2) is 5.11 Å². The molecule has 1 aliphatic heterocycles. The third-order valence-corrected chi connectivity index (χ3v) is 3.64. The Morgan fingerprint density at radius 2 is 1.73 bits per heavy atom. The molecule has 1 heterocycles. The quantitative estimate of drug-likeness (QED) is 0.347. The number of nitrogens with zero attached hydrogens (tertiary/aromatic N) is 3. The van der Waals surface area contributed by atoms with Crippen LogP contribution in [0.25, 0.3) is 10.4 Å². The first-order valence-corrected chi connectivity index (χ1v) is 8.19. The summed E-state index contributed by atoms with van der Waals surface area (Å²) in [5.74, 6) is -1.31. The number of carbonyl (C=O) groups excluding carboxylic acids is 2. The molecule has 148 valence electrons. The predicted molar refractivity (Wildman–Crippen MR) is 88.5 cm³/mol. The summed E-state index contributed by atoms with van der Waals surface area (Å²) in [5.41, 5.74) is 6.89. The summed E-state index contributed by atoms with van der Waals surface area (Å²) in [7, 11) is 0. The Hall–Kier alpha value is -1.90.